The Morgan fingerprint density at radius 3 is 1.01 bits per heavy atom. The standard InChI is InChI=1S/C80H104N4O4S5/c1-7-11-15-19-23-25-27-29-33-43-53-87-77-61-55-65(68-58(6)76(86-52-42-32-22-18-14-10-4)69(73-72(68)82-93-83-73)64-50-49-63(89-64)59-45-37-35-38-46-59)90-79(61)78(88-54-44-34-30-28-26-24-20-16-12-8-2)62-56-66(91-80(62)77)70-74-71(81-92-84-74)67(60-47-39-36-40-48-60)57(5)75(70)85-51-41-31-21-17-13-9-3/h35-40,45-50,55-56H,7-34,41-44,51-54H2,1-6H3. The van der Waals surface area contributed by atoms with Gasteiger partial charge < -0.3 is 18.9 Å². The Morgan fingerprint density at radius 2 is 0.602 bits per heavy atom. The smallest absolute Gasteiger partial charge is 0.146 e. The van der Waals surface area contributed by atoms with Crippen molar-refractivity contribution in [1.29, 1.82) is 0 Å². The molecule has 8 nitrogen and oxygen atoms in total. The average Bonchev–Trinajstić information content (AvgIpc) is 1.60. The number of nitrogens with zero attached hydrogens (tertiary/aromatic N) is 4. The lowest BCUT2D eigenvalue weighted by atomic mass is 9.94. The number of hydrogen-bond donors (Lipinski definition) is 0. The van der Waals surface area contributed by atoms with E-state index in [0.717, 1.165) is 170 Å². The summed E-state index contributed by atoms with van der Waals surface area (Å²) in [5, 5.41) is 2.16. The number of benzene rings is 5. The Bertz CT molecular complexity index is 3760. The summed E-state index contributed by atoms with van der Waals surface area (Å²) in [7, 11) is 0. The fourth-order valence-corrected chi connectivity index (χ4v) is 18.0. The van der Waals surface area contributed by atoms with Crippen molar-refractivity contribution in [2.75, 3.05) is 26.4 Å². The average molecular weight is 1350 g/mol. The van der Waals surface area contributed by atoms with Crippen LogP contribution in [0.4, 0.5) is 0 Å². The van der Waals surface area contributed by atoms with Crippen molar-refractivity contribution in [1.82, 2.24) is 17.5 Å². The van der Waals surface area contributed by atoms with Gasteiger partial charge in [-0.3, -0.25) is 0 Å². The van der Waals surface area contributed by atoms with E-state index in [-0.39, 0.29) is 0 Å². The first-order valence-corrected chi connectivity index (χ1v) is 40.2. The molecule has 0 unspecified atom stereocenters. The van der Waals surface area contributed by atoms with Crippen molar-refractivity contribution < 1.29 is 18.9 Å². The number of fused-ring (bicyclic) bond motifs is 4. The first kappa shape index (κ1) is 70.4. The van der Waals surface area contributed by atoms with Gasteiger partial charge in [-0.15, -0.1) is 34.0 Å². The molecule has 0 radical (unpaired) electrons. The highest BCUT2D eigenvalue weighted by atomic mass is 32.1. The predicted molar refractivity (Wildman–Crippen MR) is 406 cm³/mol. The predicted octanol–water partition coefficient (Wildman–Crippen LogP) is 27.2. The third-order valence-electron chi connectivity index (χ3n) is 18.6. The zero-order valence-electron chi connectivity index (χ0n) is 57.0. The maximum Gasteiger partial charge on any atom is 0.146 e. The summed E-state index contributed by atoms with van der Waals surface area (Å²) in [6.07, 6.45) is 39.6. The quantitative estimate of drug-likeness (QED) is 0.0349. The van der Waals surface area contributed by atoms with Gasteiger partial charge in [-0.1, -0.05) is 268 Å². The van der Waals surface area contributed by atoms with Crippen LogP contribution in [0, 0.1) is 13.8 Å². The molecule has 0 saturated carbocycles. The van der Waals surface area contributed by atoms with E-state index in [1.807, 2.05) is 0 Å². The molecule has 93 heavy (non-hydrogen) atoms. The third kappa shape index (κ3) is 18.4. The summed E-state index contributed by atoms with van der Waals surface area (Å²) in [4.78, 5) is 4.57. The monoisotopic (exact) mass is 1340 g/mol. The normalized spacial score (nSPS) is 11.8. The topological polar surface area (TPSA) is 88.5 Å². The molecular weight excluding hydrogens is 1240 g/mol. The van der Waals surface area contributed by atoms with Gasteiger partial charge in [0.2, 0.25) is 0 Å². The van der Waals surface area contributed by atoms with E-state index in [9.17, 15) is 0 Å². The maximum atomic E-state index is 7.39. The number of unbranched alkanes of at least 4 members (excludes halogenated alkanes) is 28. The van der Waals surface area contributed by atoms with Crippen LogP contribution >= 0.6 is 57.5 Å². The molecule has 10 rings (SSSR count). The zero-order valence-corrected chi connectivity index (χ0v) is 61.1. The molecule has 0 bridgehead atoms. The second kappa shape index (κ2) is 37.7. The van der Waals surface area contributed by atoms with E-state index < -0.39 is 0 Å². The van der Waals surface area contributed by atoms with Gasteiger partial charge in [0.25, 0.3) is 0 Å². The minimum atomic E-state index is 0.631. The molecule has 498 valence electrons. The van der Waals surface area contributed by atoms with Gasteiger partial charge in [-0.05, 0) is 74.9 Å². The fraction of sp³-hybridized carbons (Fsp3) is 0.525. The summed E-state index contributed by atoms with van der Waals surface area (Å²) >= 11 is 7.98. The van der Waals surface area contributed by atoms with Crippen LogP contribution in [0.2, 0.25) is 0 Å². The van der Waals surface area contributed by atoms with E-state index in [1.165, 1.54) is 188 Å². The molecule has 5 aromatic heterocycles. The third-order valence-corrected chi connectivity index (χ3v) is 23.1. The van der Waals surface area contributed by atoms with Crippen molar-refractivity contribution in [3.8, 4) is 75.9 Å². The van der Waals surface area contributed by atoms with Gasteiger partial charge in [0, 0.05) is 52.5 Å². The van der Waals surface area contributed by atoms with E-state index in [2.05, 4.69) is 126 Å². The van der Waals surface area contributed by atoms with E-state index in [0.29, 0.717) is 26.4 Å². The summed E-state index contributed by atoms with van der Waals surface area (Å²) in [5.41, 5.74) is 12.3. The van der Waals surface area contributed by atoms with E-state index in [1.54, 1.807) is 34.0 Å². The number of rotatable bonds is 45. The van der Waals surface area contributed by atoms with Gasteiger partial charge in [-0.2, -0.15) is 17.5 Å². The number of aromatic nitrogens is 4. The van der Waals surface area contributed by atoms with Crippen molar-refractivity contribution in [2.24, 2.45) is 0 Å². The highest BCUT2D eigenvalue weighted by Gasteiger charge is 2.31. The molecule has 0 atom stereocenters. The molecule has 0 amide bonds. The lowest BCUT2D eigenvalue weighted by Gasteiger charge is -2.18. The van der Waals surface area contributed by atoms with Gasteiger partial charge in [-0.25, -0.2) is 0 Å². The van der Waals surface area contributed by atoms with Crippen LogP contribution in [0.15, 0.2) is 84.9 Å². The Balaban J connectivity index is 1.10. The van der Waals surface area contributed by atoms with Crippen molar-refractivity contribution >= 4 is 99.7 Å². The van der Waals surface area contributed by atoms with Crippen LogP contribution in [0.1, 0.15) is 244 Å². The molecule has 5 aromatic carbocycles. The fourth-order valence-electron chi connectivity index (χ4n) is 13.4. The van der Waals surface area contributed by atoms with Crippen molar-refractivity contribution in [2.45, 2.75) is 247 Å². The second-order valence-electron chi connectivity index (χ2n) is 25.9. The van der Waals surface area contributed by atoms with Crippen LogP contribution in [0.5, 0.6) is 23.0 Å². The molecule has 0 spiro atoms. The lowest BCUT2D eigenvalue weighted by molar-refractivity contribution is 0.304. The second-order valence-corrected chi connectivity index (χ2v) is 30.1. The number of ether oxygens (including phenoxy) is 4. The van der Waals surface area contributed by atoms with Crippen LogP contribution in [-0.2, 0) is 0 Å². The van der Waals surface area contributed by atoms with Gasteiger partial charge in [0.05, 0.1) is 70.4 Å². The highest BCUT2D eigenvalue weighted by Crippen LogP contribution is 2.57. The maximum absolute atomic E-state index is 7.39. The Labute approximate surface area is 577 Å². The molecule has 5 heterocycles. The molecule has 0 N–H and O–H groups in total. The van der Waals surface area contributed by atoms with Crippen molar-refractivity contribution in [3.05, 3.63) is 96.1 Å². The highest BCUT2D eigenvalue weighted by molar-refractivity contribution is 7.25. The first-order valence-electron chi connectivity index (χ1n) is 36.3. The zero-order chi connectivity index (χ0) is 64.4. The van der Waals surface area contributed by atoms with Gasteiger partial charge >= 0.3 is 0 Å². The van der Waals surface area contributed by atoms with Gasteiger partial charge in [0.15, 0.2) is 0 Å². The molecular formula is C80H104N4O4S5. The number of thiophene rings is 3. The summed E-state index contributed by atoms with van der Waals surface area (Å²) in [6.45, 7) is 16.2. The largest absolute Gasteiger partial charge is 0.493 e. The van der Waals surface area contributed by atoms with Crippen molar-refractivity contribution in [3.63, 3.8) is 0 Å². The molecule has 0 fully saturated rings. The van der Waals surface area contributed by atoms with Crippen LogP contribution in [-0.4, -0.2) is 43.9 Å². The van der Waals surface area contributed by atoms with Gasteiger partial charge in [0.1, 0.15) is 45.1 Å². The molecule has 0 saturated heterocycles. The first-order chi connectivity index (χ1) is 45.9. The lowest BCUT2D eigenvalue weighted by Crippen LogP contribution is -2.03. The van der Waals surface area contributed by atoms with E-state index >= 15 is 0 Å². The molecule has 13 heteroatoms. The van der Waals surface area contributed by atoms with Crippen LogP contribution < -0.4 is 18.9 Å². The Kier molecular flexibility index (Phi) is 28.6. The van der Waals surface area contributed by atoms with E-state index in [4.69, 9.17) is 36.4 Å². The molecule has 0 aliphatic heterocycles. The minimum absolute atomic E-state index is 0.631. The van der Waals surface area contributed by atoms with Crippen LogP contribution in [0.3, 0.4) is 0 Å². The molecule has 0 aliphatic rings. The summed E-state index contributed by atoms with van der Waals surface area (Å²) in [5.74, 6) is 3.65. The molecule has 0 aliphatic carbocycles. The SMILES string of the molecule is CCCCCCCCCCCCOc1c2cc(-c3c(OCCCCCCCC)c(C)c(-c4ccccc4)c4nsnc34)sc2c(OCCCCCCCCCCCC)c2cc(-c3c(C)c(OCCCCCCCC)c(-c4ccc(-c5ccccc5)s4)c4nsnc34)sc12. The minimum Gasteiger partial charge on any atom is -0.493 e. The summed E-state index contributed by atoms with van der Waals surface area (Å²) < 4.78 is 52.0. The Morgan fingerprint density at radius 1 is 0.290 bits per heavy atom. The number of hydrogen-bond acceptors (Lipinski definition) is 13. The Hall–Kier alpha value is -5.44. The summed E-state index contributed by atoms with van der Waals surface area (Å²) in [6, 6.07) is 30.7. The van der Waals surface area contributed by atoms with Crippen LogP contribution in [0.25, 0.3) is 95.1 Å². The molecule has 10 aromatic rings.